The molecule has 0 aliphatic carbocycles. The first kappa shape index (κ1) is 20.8. The van der Waals surface area contributed by atoms with Gasteiger partial charge in [-0.1, -0.05) is 12.1 Å². The van der Waals surface area contributed by atoms with Gasteiger partial charge in [-0.2, -0.15) is 0 Å². The third-order valence-corrected chi connectivity index (χ3v) is 7.17. The van der Waals surface area contributed by atoms with Crippen molar-refractivity contribution in [2.24, 2.45) is 11.8 Å². The van der Waals surface area contributed by atoms with E-state index in [9.17, 15) is 9.59 Å². The molecule has 1 aromatic carbocycles. The van der Waals surface area contributed by atoms with Crippen molar-refractivity contribution in [3.63, 3.8) is 0 Å². The van der Waals surface area contributed by atoms with Gasteiger partial charge in [-0.15, -0.1) is 0 Å². The van der Waals surface area contributed by atoms with Gasteiger partial charge in [-0.25, -0.2) is 0 Å². The summed E-state index contributed by atoms with van der Waals surface area (Å²) in [5, 5.41) is 0. The molecule has 158 valence electrons. The molecule has 3 saturated heterocycles. The van der Waals surface area contributed by atoms with E-state index in [4.69, 9.17) is 4.74 Å². The van der Waals surface area contributed by atoms with Crippen molar-refractivity contribution in [1.82, 2.24) is 9.80 Å². The first-order chi connectivity index (χ1) is 14.1. The molecule has 1 atom stereocenters. The summed E-state index contributed by atoms with van der Waals surface area (Å²) in [7, 11) is 0. The van der Waals surface area contributed by atoms with Crippen LogP contribution < -0.4 is 4.90 Å². The molecular formula is C22H30BrN3O3. The fourth-order valence-electron chi connectivity index (χ4n) is 4.67. The molecule has 3 aliphatic heterocycles. The number of nitrogens with zero attached hydrogens (tertiary/aromatic N) is 3. The average molecular weight is 464 g/mol. The second kappa shape index (κ2) is 9.58. The van der Waals surface area contributed by atoms with Gasteiger partial charge in [0, 0.05) is 43.6 Å². The summed E-state index contributed by atoms with van der Waals surface area (Å²) in [6.45, 7) is 7.06. The summed E-state index contributed by atoms with van der Waals surface area (Å²) in [4.78, 5) is 31.8. The molecule has 0 bridgehead atoms. The zero-order valence-electron chi connectivity index (χ0n) is 16.9. The van der Waals surface area contributed by atoms with Crippen LogP contribution in [0.3, 0.4) is 0 Å². The molecule has 3 fully saturated rings. The van der Waals surface area contributed by atoms with Crippen LogP contribution >= 0.6 is 15.9 Å². The Morgan fingerprint density at radius 1 is 1.10 bits per heavy atom. The molecule has 0 spiro atoms. The van der Waals surface area contributed by atoms with Gasteiger partial charge < -0.3 is 14.5 Å². The summed E-state index contributed by atoms with van der Waals surface area (Å²) in [6.07, 6.45) is 3.67. The second-order valence-corrected chi connectivity index (χ2v) is 9.22. The van der Waals surface area contributed by atoms with E-state index in [-0.39, 0.29) is 17.7 Å². The molecule has 7 heteroatoms. The summed E-state index contributed by atoms with van der Waals surface area (Å²) in [6, 6.07) is 7.71. The minimum atomic E-state index is -0.223. The van der Waals surface area contributed by atoms with E-state index in [1.54, 1.807) is 4.90 Å². The van der Waals surface area contributed by atoms with Crippen LogP contribution in [0.5, 0.6) is 0 Å². The van der Waals surface area contributed by atoms with Gasteiger partial charge in [0.05, 0.1) is 24.8 Å². The van der Waals surface area contributed by atoms with Crippen molar-refractivity contribution >= 4 is 33.4 Å². The number of halogens is 1. The smallest absolute Gasteiger partial charge is 0.228 e. The van der Waals surface area contributed by atoms with Crippen LogP contribution in [0.25, 0.3) is 0 Å². The fourth-order valence-corrected chi connectivity index (χ4v) is 5.17. The lowest BCUT2D eigenvalue weighted by Crippen LogP contribution is -2.43. The highest BCUT2D eigenvalue weighted by Gasteiger charge is 2.38. The minimum Gasteiger partial charge on any atom is -0.379 e. The number of likely N-dealkylation sites (tertiary alicyclic amines) is 1. The van der Waals surface area contributed by atoms with Crippen LogP contribution in [0.1, 0.15) is 25.7 Å². The summed E-state index contributed by atoms with van der Waals surface area (Å²) in [5.41, 5.74) is 0.856. The maximum absolute atomic E-state index is 13.0. The van der Waals surface area contributed by atoms with Gasteiger partial charge in [0.1, 0.15) is 0 Å². The van der Waals surface area contributed by atoms with E-state index < -0.39 is 0 Å². The van der Waals surface area contributed by atoms with Gasteiger partial charge in [0.2, 0.25) is 11.8 Å². The molecule has 3 heterocycles. The molecule has 1 aromatic rings. The van der Waals surface area contributed by atoms with Crippen LogP contribution in [0.2, 0.25) is 0 Å². The summed E-state index contributed by atoms with van der Waals surface area (Å²) >= 11 is 3.52. The number of ether oxygens (including phenoxy) is 1. The fraction of sp³-hybridized carbons (Fsp3) is 0.636. The highest BCUT2D eigenvalue weighted by Crippen LogP contribution is 2.32. The van der Waals surface area contributed by atoms with E-state index in [2.05, 4.69) is 20.8 Å². The van der Waals surface area contributed by atoms with Crippen molar-refractivity contribution in [1.29, 1.82) is 0 Å². The zero-order chi connectivity index (χ0) is 20.2. The first-order valence-electron chi connectivity index (χ1n) is 10.8. The quantitative estimate of drug-likeness (QED) is 0.673. The molecule has 3 aliphatic rings. The Kier molecular flexibility index (Phi) is 6.88. The maximum Gasteiger partial charge on any atom is 0.228 e. The number of hydrogen-bond donors (Lipinski definition) is 0. The second-order valence-electron chi connectivity index (χ2n) is 8.37. The number of carbonyl (C=O) groups is 2. The Morgan fingerprint density at radius 2 is 1.83 bits per heavy atom. The van der Waals surface area contributed by atoms with Gasteiger partial charge in [0.25, 0.3) is 0 Å². The van der Waals surface area contributed by atoms with Gasteiger partial charge in [0.15, 0.2) is 0 Å². The van der Waals surface area contributed by atoms with Crippen molar-refractivity contribution in [3.8, 4) is 0 Å². The third-order valence-electron chi connectivity index (χ3n) is 6.50. The van der Waals surface area contributed by atoms with E-state index >= 15 is 0 Å². The van der Waals surface area contributed by atoms with E-state index in [0.29, 0.717) is 18.9 Å². The van der Waals surface area contributed by atoms with Crippen molar-refractivity contribution in [2.45, 2.75) is 25.7 Å². The Balaban J connectivity index is 1.25. The highest BCUT2D eigenvalue weighted by atomic mass is 79.9. The molecule has 0 saturated carbocycles. The number of anilines is 1. The molecule has 0 radical (unpaired) electrons. The maximum atomic E-state index is 13.0. The number of piperidine rings is 1. The molecule has 29 heavy (non-hydrogen) atoms. The monoisotopic (exact) mass is 463 g/mol. The lowest BCUT2D eigenvalue weighted by molar-refractivity contribution is -0.137. The van der Waals surface area contributed by atoms with Gasteiger partial charge in [-0.05, 0) is 59.8 Å². The Hall–Kier alpha value is -1.44. The van der Waals surface area contributed by atoms with Crippen molar-refractivity contribution in [2.75, 3.05) is 57.4 Å². The number of carbonyl (C=O) groups excluding carboxylic acids is 2. The topological polar surface area (TPSA) is 53.1 Å². The zero-order valence-corrected chi connectivity index (χ0v) is 18.5. The van der Waals surface area contributed by atoms with Crippen LogP contribution in [0.15, 0.2) is 28.7 Å². The largest absolute Gasteiger partial charge is 0.379 e. The lowest BCUT2D eigenvalue weighted by Gasteiger charge is -2.35. The summed E-state index contributed by atoms with van der Waals surface area (Å²) in [5.74, 6) is 0.665. The number of benzene rings is 1. The van der Waals surface area contributed by atoms with E-state index in [0.717, 1.165) is 68.9 Å². The minimum absolute atomic E-state index is 0.0376. The predicted octanol–water partition coefficient (Wildman–Crippen LogP) is 2.76. The van der Waals surface area contributed by atoms with Crippen molar-refractivity contribution < 1.29 is 14.3 Å². The normalized spacial score (nSPS) is 24.3. The van der Waals surface area contributed by atoms with Gasteiger partial charge >= 0.3 is 0 Å². The molecule has 1 unspecified atom stereocenters. The van der Waals surface area contributed by atoms with Crippen LogP contribution in [0.4, 0.5) is 5.69 Å². The van der Waals surface area contributed by atoms with Crippen LogP contribution in [-0.2, 0) is 14.3 Å². The number of amides is 2. The SMILES string of the molecule is O=C(C1CC(=O)N(c2ccccc2Br)C1)N1CCC(CCN2CCOCC2)CC1. The van der Waals surface area contributed by atoms with Crippen LogP contribution in [-0.4, -0.2) is 74.1 Å². The Morgan fingerprint density at radius 3 is 2.55 bits per heavy atom. The lowest BCUT2D eigenvalue weighted by atomic mass is 9.92. The first-order valence-corrected chi connectivity index (χ1v) is 11.5. The molecule has 4 rings (SSSR count). The number of rotatable bonds is 5. The molecular weight excluding hydrogens is 434 g/mol. The number of hydrogen-bond acceptors (Lipinski definition) is 4. The number of para-hydroxylation sites is 1. The van der Waals surface area contributed by atoms with Gasteiger partial charge in [-0.3, -0.25) is 14.5 Å². The average Bonchev–Trinajstić information content (AvgIpc) is 3.14. The van der Waals surface area contributed by atoms with E-state index in [1.807, 2.05) is 29.2 Å². The van der Waals surface area contributed by atoms with Crippen molar-refractivity contribution in [3.05, 3.63) is 28.7 Å². The van der Waals surface area contributed by atoms with E-state index in [1.165, 1.54) is 6.42 Å². The Bertz CT molecular complexity index is 730. The molecule has 6 nitrogen and oxygen atoms in total. The predicted molar refractivity (Wildman–Crippen MR) is 116 cm³/mol. The highest BCUT2D eigenvalue weighted by molar-refractivity contribution is 9.10. The standard InChI is InChI=1S/C22H30BrN3O3/c23-19-3-1-2-4-20(19)26-16-18(15-21(26)27)22(28)25-9-6-17(7-10-25)5-8-24-11-13-29-14-12-24/h1-4,17-18H,5-16H2. The summed E-state index contributed by atoms with van der Waals surface area (Å²) < 4.78 is 6.31. The van der Waals surface area contributed by atoms with Crippen LogP contribution in [0, 0.1) is 11.8 Å². The number of morpholine rings is 1. The Labute approximate surface area is 181 Å². The molecule has 0 N–H and O–H groups in total. The molecule has 2 amide bonds. The third kappa shape index (κ3) is 5.01. The molecule has 0 aromatic heterocycles.